The van der Waals surface area contributed by atoms with Crippen molar-refractivity contribution < 1.29 is 18.3 Å². The van der Waals surface area contributed by atoms with E-state index in [1.807, 2.05) is 0 Å². The van der Waals surface area contributed by atoms with E-state index in [0.29, 0.717) is 12.0 Å². The quantitative estimate of drug-likeness (QED) is 0.330. The topological polar surface area (TPSA) is 59.9 Å². The van der Waals surface area contributed by atoms with Crippen LogP contribution in [0, 0.1) is 0 Å². The summed E-state index contributed by atoms with van der Waals surface area (Å²) in [7, 11) is 1.52. The molecule has 0 aromatic carbocycles. The first kappa shape index (κ1) is 22.8. The van der Waals surface area contributed by atoms with Gasteiger partial charge in [-0.3, -0.25) is 4.99 Å². The fourth-order valence-electron chi connectivity index (χ4n) is 3.55. The monoisotopic (exact) mass is 478 g/mol. The van der Waals surface area contributed by atoms with Gasteiger partial charge in [0.1, 0.15) is 0 Å². The molecule has 2 fully saturated rings. The van der Waals surface area contributed by atoms with Gasteiger partial charge in [0.05, 0.1) is 6.54 Å². The van der Waals surface area contributed by atoms with Crippen LogP contribution in [-0.2, 0) is 0 Å². The number of aliphatic imine (C=N–C) groups is 1. The predicted octanol–water partition coefficient (Wildman–Crippen LogP) is 2.49. The number of aliphatic hydroxyl groups is 1. The molecule has 0 spiro atoms. The number of guanidine groups is 1. The zero-order chi connectivity index (χ0) is 17.6. The molecule has 25 heavy (non-hydrogen) atoms. The van der Waals surface area contributed by atoms with Gasteiger partial charge in [0, 0.05) is 32.2 Å². The van der Waals surface area contributed by atoms with Crippen LogP contribution in [0.5, 0.6) is 0 Å². The van der Waals surface area contributed by atoms with Crippen LogP contribution in [-0.4, -0.2) is 67.0 Å². The molecule has 148 valence electrons. The Morgan fingerprint density at radius 3 is 2.28 bits per heavy atom. The van der Waals surface area contributed by atoms with E-state index >= 15 is 0 Å². The number of piperidine rings is 1. The van der Waals surface area contributed by atoms with Crippen molar-refractivity contribution in [2.75, 3.05) is 26.7 Å². The average Bonchev–Trinajstić information content (AvgIpc) is 2.58. The summed E-state index contributed by atoms with van der Waals surface area (Å²) in [6, 6.07) is 0.915. The SMILES string of the molecule is CN=C(NCC(O)C(F)(F)F)NC1CCN(C2CCCCC2)CC1.I. The maximum atomic E-state index is 12.3. The highest BCUT2D eigenvalue weighted by Gasteiger charge is 2.38. The van der Waals surface area contributed by atoms with E-state index in [9.17, 15) is 13.2 Å². The number of nitrogens with one attached hydrogen (secondary N) is 2. The molecule has 0 bridgehead atoms. The minimum atomic E-state index is -4.61. The van der Waals surface area contributed by atoms with E-state index < -0.39 is 18.8 Å². The van der Waals surface area contributed by atoms with E-state index in [4.69, 9.17) is 5.11 Å². The molecule has 1 aliphatic heterocycles. The van der Waals surface area contributed by atoms with Crippen LogP contribution in [0.3, 0.4) is 0 Å². The third-order valence-electron chi connectivity index (χ3n) is 5.03. The molecule has 9 heteroatoms. The molecule has 1 heterocycles. The van der Waals surface area contributed by atoms with Crippen LogP contribution in [0.2, 0.25) is 0 Å². The number of hydrogen-bond acceptors (Lipinski definition) is 3. The molecule has 2 rings (SSSR count). The Morgan fingerprint density at radius 1 is 1.16 bits per heavy atom. The van der Waals surface area contributed by atoms with Crippen molar-refractivity contribution in [3.63, 3.8) is 0 Å². The first-order valence-electron chi connectivity index (χ1n) is 8.86. The standard InChI is InChI=1S/C16H29F3N4O.HI/c1-20-15(21-11-14(24)16(17,18)19)22-12-7-9-23(10-8-12)13-5-3-2-4-6-13;/h12-14,24H,2-11H2,1H3,(H2,20,21,22);1H. The molecule has 0 aromatic heterocycles. The van der Waals surface area contributed by atoms with Crippen molar-refractivity contribution in [1.29, 1.82) is 0 Å². The minimum absolute atomic E-state index is 0. The highest BCUT2D eigenvalue weighted by atomic mass is 127. The van der Waals surface area contributed by atoms with Crippen LogP contribution >= 0.6 is 24.0 Å². The van der Waals surface area contributed by atoms with Gasteiger partial charge in [-0.05, 0) is 25.7 Å². The lowest BCUT2D eigenvalue weighted by atomic mass is 9.92. The molecule has 0 radical (unpaired) electrons. The smallest absolute Gasteiger partial charge is 0.382 e. The Kier molecular flexibility index (Phi) is 9.79. The predicted molar refractivity (Wildman–Crippen MR) is 103 cm³/mol. The summed E-state index contributed by atoms with van der Waals surface area (Å²) in [4.78, 5) is 6.50. The van der Waals surface area contributed by atoms with Crippen LogP contribution < -0.4 is 10.6 Å². The van der Waals surface area contributed by atoms with Gasteiger partial charge in [0.25, 0.3) is 0 Å². The highest BCUT2D eigenvalue weighted by molar-refractivity contribution is 14.0. The zero-order valence-corrected chi connectivity index (χ0v) is 17.0. The fraction of sp³-hybridized carbons (Fsp3) is 0.938. The van der Waals surface area contributed by atoms with E-state index in [1.54, 1.807) is 0 Å². The normalized spacial score (nSPS) is 23.0. The first-order chi connectivity index (χ1) is 11.4. The van der Waals surface area contributed by atoms with Gasteiger partial charge in [-0.1, -0.05) is 19.3 Å². The summed E-state index contributed by atoms with van der Waals surface area (Å²) in [6.07, 6.45) is 1.48. The van der Waals surface area contributed by atoms with Gasteiger partial charge in [-0.2, -0.15) is 13.2 Å². The molecule has 5 nitrogen and oxygen atoms in total. The summed E-state index contributed by atoms with van der Waals surface area (Å²) in [5, 5.41) is 14.8. The number of hydrogen-bond donors (Lipinski definition) is 3. The van der Waals surface area contributed by atoms with E-state index in [2.05, 4.69) is 20.5 Å². The maximum Gasteiger partial charge on any atom is 0.416 e. The third-order valence-corrected chi connectivity index (χ3v) is 5.03. The van der Waals surface area contributed by atoms with Crippen LogP contribution in [0.4, 0.5) is 13.2 Å². The average molecular weight is 478 g/mol. The Hall–Kier alpha value is -0.290. The fourth-order valence-corrected chi connectivity index (χ4v) is 3.55. The van der Waals surface area contributed by atoms with E-state index in [1.165, 1.54) is 39.2 Å². The minimum Gasteiger partial charge on any atom is -0.382 e. The molecule has 1 saturated carbocycles. The number of alkyl halides is 3. The Morgan fingerprint density at radius 2 is 1.76 bits per heavy atom. The maximum absolute atomic E-state index is 12.3. The van der Waals surface area contributed by atoms with Crippen molar-refractivity contribution >= 4 is 29.9 Å². The second-order valence-corrected chi connectivity index (χ2v) is 6.76. The molecule has 1 aliphatic carbocycles. The molecule has 3 N–H and O–H groups in total. The molecule has 1 atom stereocenters. The van der Waals surface area contributed by atoms with Gasteiger partial charge < -0.3 is 20.6 Å². The van der Waals surface area contributed by atoms with Crippen molar-refractivity contribution in [1.82, 2.24) is 15.5 Å². The first-order valence-corrected chi connectivity index (χ1v) is 8.86. The number of nitrogens with zero attached hydrogens (tertiary/aromatic N) is 2. The summed E-state index contributed by atoms with van der Waals surface area (Å²) >= 11 is 0. The Labute approximate surface area is 164 Å². The van der Waals surface area contributed by atoms with E-state index in [-0.39, 0.29) is 30.0 Å². The summed E-state index contributed by atoms with van der Waals surface area (Å²) < 4.78 is 37.0. The zero-order valence-electron chi connectivity index (χ0n) is 14.7. The molecular weight excluding hydrogens is 448 g/mol. The second kappa shape index (κ2) is 10.8. The third kappa shape index (κ3) is 7.46. The summed E-state index contributed by atoms with van der Waals surface area (Å²) in [5.74, 6) is 0.314. The molecule has 2 aliphatic rings. The number of aliphatic hydroxyl groups excluding tert-OH is 1. The van der Waals surface area contributed by atoms with Crippen molar-refractivity contribution in [3.8, 4) is 0 Å². The molecular formula is C16H30F3IN4O. The summed E-state index contributed by atoms with van der Waals surface area (Å²) in [6.45, 7) is 1.44. The lowest BCUT2D eigenvalue weighted by Gasteiger charge is -2.39. The van der Waals surface area contributed by atoms with Gasteiger partial charge >= 0.3 is 6.18 Å². The summed E-state index contributed by atoms with van der Waals surface area (Å²) in [5.41, 5.74) is 0. The van der Waals surface area contributed by atoms with Crippen molar-refractivity contribution in [2.24, 2.45) is 4.99 Å². The van der Waals surface area contributed by atoms with Gasteiger partial charge in [0.2, 0.25) is 0 Å². The Bertz CT molecular complexity index is 409. The van der Waals surface area contributed by atoms with Crippen molar-refractivity contribution in [3.05, 3.63) is 0 Å². The van der Waals surface area contributed by atoms with Crippen LogP contribution in [0.25, 0.3) is 0 Å². The number of likely N-dealkylation sites (tertiary alicyclic amines) is 1. The van der Waals surface area contributed by atoms with E-state index in [0.717, 1.165) is 25.9 Å². The van der Waals surface area contributed by atoms with Gasteiger partial charge in [-0.15, -0.1) is 24.0 Å². The van der Waals surface area contributed by atoms with Gasteiger partial charge in [0.15, 0.2) is 12.1 Å². The molecule has 0 amide bonds. The van der Waals surface area contributed by atoms with Crippen LogP contribution in [0.1, 0.15) is 44.9 Å². The van der Waals surface area contributed by atoms with Crippen LogP contribution in [0.15, 0.2) is 4.99 Å². The molecule has 1 saturated heterocycles. The lowest BCUT2D eigenvalue weighted by Crippen LogP contribution is -2.52. The van der Waals surface area contributed by atoms with Crippen molar-refractivity contribution in [2.45, 2.75) is 69.3 Å². The largest absolute Gasteiger partial charge is 0.416 e. The second-order valence-electron chi connectivity index (χ2n) is 6.76. The molecule has 0 aromatic rings. The lowest BCUT2D eigenvalue weighted by molar-refractivity contribution is -0.201. The highest BCUT2D eigenvalue weighted by Crippen LogP contribution is 2.25. The number of halogens is 4. The Balaban J connectivity index is 0.00000312. The molecule has 1 unspecified atom stereocenters. The van der Waals surface area contributed by atoms with Gasteiger partial charge in [-0.25, -0.2) is 0 Å². The number of rotatable bonds is 4.